The Morgan fingerprint density at radius 1 is 1.00 bits per heavy atom. The van der Waals surface area contributed by atoms with Crippen molar-refractivity contribution < 1.29 is 28.2 Å². The van der Waals surface area contributed by atoms with E-state index in [9.17, 15) is 14.0 Å². The lowest BCUT2D eigenvalue weighted by Gasteiger charge is -2.16. The van der Waals surface area contributed by atoms with Crippen LogP contribution in [0, 0.1) is 5.82 Å². The SMILES string of the molecule is COc1ccc(C(=O)NNC(=O)[C@H](C)Oc2ccccc2F)c(OC)c1. The molecule has 2 N–H and O–H groups in total. The third kappa shape index (κ3) is 4.62. The highest BCUT2D eigenvalue weighted by atomic mass is 19.1. The molecule has 2 amide bonds. The van der Waals surface area contributed by atoms with Gasteiger partial charge in [-0.25, -0.2) is 4.39 Å². The molecule has 0 aliphatic heterocycles. The molecular weight excluding hydrogens is 343 g/mol. The molecule has 8 heteroatoms. The summed E-state index contributed by atoms with van der Waals surface area (Å²) in [5.41, 5.74) is 4.69. The molecule has 0 fully saturated rings. The lowest BCUT2D eigenvalue weighted by Crippen LogP contribution is -2.47. The van der Waals surface area contributed by atoms with E-state index in [2.05, 4.69) is 10.9 Å². The van der Waals surface area contributed by atoms with Crippen LogP contribution in [-0.4, -0.2) is 32.1 Å². The number of hydrazine groups is 1. The summed E-state index contributed by atoms with van der Waals surface area (Å²) in [6.07, 6.45) is -1.02. The van der Waals surface area contributed by atoms with Gasteiger partial charge in [-0.3, -0.25) is 20.4 Å². The number of methoxy groups -OCH3 is 2. The van der Waals surface area contributed by atoms with Gasteiger partial charge in [-0.05, 0) is 31.2 Å². The Morgan fingerprint density at radius 2 is 1.73 bits per heavy atom. The summed E-state index contributed by atoms with van der Waals surface area (Å²) in [5.74, 6) is -1.07. The van der Waals surface area contributed by atoms with Gasteiger partial charge in [0.1, 0.15) is 11.5 Å². The predicted octanol–water partition coefficient (Wildman–Crippen LogP) is 2.07. The summed E-state index contributed by atoms with van der Waals surface area (Å²) >= 11 is 0. The summed E-state index contributed by atoms with van der Waals surface area (Å²) in [4.78, 5) is 24.2. The van der Waals surface area contributed by atoms with E-state index >= 15 is 0 Å². The van der Waals surface area contributed by atoms with Gasteiger partial charge in [0, 0.05) is 6.07 Å². The van der Waals surface area contributed by atoms with E-state index in [0.29, 0.717) is 5.75 Å². The van der Waals surface area contributed by atoms with Gasteiger partial charge in [0.15, 0.2) is 17.7 Å². The van der Waals surface area contributed by atoms with Gasteiger partial charge in [-0.1, -0.05) is 12.1 Å². The molecule has 2 aromatic carbocycles. The Balaban J connectivity index is 1.96. The Hall–Kier alpha value is -3.29. The third-order valence-electron chi connectivity index (χ3n) is 3.46. The standard InChI is InChI=1S/C18H19FN2O5/c1-11(26-15-7-5-4-6-14(15)19)17(22)20-21-18(23)13-9-8-12(24-2)10-16(13)25-3/h4-11H,1-3H3,(H,20,22)(H,21,23)/t11-/m0/s1. The smallest absolute Gasteiger partial charge is 0.279 e. The second-order valence-electron chi connectivity index (χ2n) is 5.20. The molecule has 7 nitrogen and oxygen atoms in total. The summed E-state index contributed by atoms with van der Waals surface area (Å²) in [5, 5.41) is 0. The largest absolute Gasteiger partial charge is 0.497 e. The molecule has 138 valence electrons. The van der Waals surface area contributed by atoms with Gasteiger partial charge in [0.2, 0.25) is 0 Å². The second-order valence-corrected chi connectivity index (χ2v) is 5.20. The highest BCUT2D eigenvalue weighted by molar-refractivity contribution is 5.98. The van der Waals surface area contributed by atoms with Gasteiger partial charge in [0.05, 0.1) is 19.8 Å². The summed E-state index contributed by atoms with van der Waals surface area (Å²) in [6, 6.07) is 10.3. The van der Waals surface area contributed by atoms with Crippen LogP contribution in [0.2, 0.25) is 0 Å². The summed E-state index contributed by atoms with van der Waals surface area (Å²) in [7, 11) is 2.90. The van der Waals surface area contributed by atoms with E-state index in [1.54, 1.807) is 18.2 Å². The van der Waals surface area contributed by atoms with E-state index in [4.69, 9.17) is 14.2 Å². The molecule has 0 spiro atoms. The minimum Gasteiger partial charge on any atom is -0.497 e. The molecule has 0 saturated heterocycles. The zero-order chi connectivity index (χ0) is 19.1. The maximum Gasteiger partial charge on any atom is 0.279 e. The lowest BCUT2D eigenvalue weighted by molar-refractivity contribution is -0.128. The van der Waals surface area contributed by atoms with Gasteiger partial charge in [-0.15, -0.1) is 0 Å². The van der Waals surface area contributed by atoms with Crippen LogP contribution in [0.15, 0.2) is 42.5 Å². The number of nitrogens with one attached hydrogen (secondary N) is 2. The van der Waals surface area contributed by atoms with Crippen molar-refractivity contribution >= 4 is 11.8 Å². The fourth-order valence-corrected chi connectivity index (χ4v) is 2.06. The number of hydrogen-bond donors (Lipinski definition) is 2. The number of carbonyl (C=O) groups is 2. The Morgan fingerprint density at radius 3 is 2.38 bits per heavy atom. The van der Waals surface area contributed by atoms with Crippen LogP contribution in [0.4, 0.5) is 4.39 Å². The first-order valence-corrected chi connectivity index (χ1v) is 7.69. The molecular formula is C18H19FN2O5. The number of para-hydroxylation sites is 1. The number of benzene rings is 2. The van der Waals surface area contributed by atoms with Crippen molar-refractivity contribution in [3.63, 3.8) is 0 Å². The second kappa shape index (κ2) is 8.70. The maximum atomic E-state index is 13.5. The first-order valence-electron chi connectivity index (χ1n) is 7.69. The van der Waals surface area contributed by atoms with Crippen molar-refractivity contribution in [1.29, 1.82) is 0 Å². The topological polar surface area (TPSA) is 85.9 Å². The molecule has 1 atom stereocenters. The average molecular weight is 362 g/mol. The zero-order valence-corrected chi connectivity index (χ0v) is 14.5. The van der Waals surface area contributed by atoms with Crippen molar-refractivity contribution in [2.75, 3.05) is 14.2 Å². The van der Waals surface area contributed by atoms with Crippen LogP contribution < -0.4 is 25.1 Å². The van der Waals surface area contributed by atoms with E-state index in [1.165, 1.54) is 45.4 Å². The van der Waals surface area contributed by atoms with Gasteiger partial charge in [0.25, 0.3) is 11.8 Å². The first-order chi connectivity index (χ1) is 12.5. The third-order valence-corrected chi connectivity index (χ3v) is 3.46. The predicted molar refractivity (Wildman–Crippen MR) is 91.6 cm³/mol. The monoisotopic (exact) mass is 362 g/mol. The van der Waals surface area contributed by atoms with Crippen LogP contribution in [-0.2, 0) is 4.79 Å². The average Bonchev–Trinajstić information content (AvgIpc) is 2.66. The molecule has 0 saturated carbocycles. The van der Waals surface area contributed by atoms with Crippen LogP contribution in [0.3, 0.4) is 0 Å². The quantitative estimate of drug-likeness (QED) is 0.769. The molecule has 0 aliphatic rings. The number of rotatable bonds is 6. The summed E-state index contributed by atoms with van der Waals surface area (Å²) < 4.78 is 29.0. The highest BCUT2D eigenvalue weighted by Gasteiger charge is 2.19. The van der Waals surface area contributed by atoms with Crippen molar-refractivity contribution in [1.82, 2.24) is 10.9 Å². The summed E-state index contributed by atoms with van der Waals surface area (Å²) in [6.45, 7) is 1.43. The minimum absolute atomic E-state index is 0.0571. The number of hydrogen-bond acceptors (Lipinski definition) is 5. The normalized spacial score (nSPS) is 11.2. The Kier molecular flexibility index (Phi) is 6.37. The number of halogens is 1. The lowest BCUT2D eigenvalue weighted by atomic mass is 10.2. The number of amides is 2. The Bertz CT molecular complexity index is 797. The van der Waals surface area contributed by atoms with E-state index in [1.807, 2.05) is 0 Å². The molecule has 0 unspecified atom stereocenters. The van der Waals surface area contributed by atoms with Crippen molar-refractivity contribution in [2.45, 2.75) is 13.0 Å². The van der Waals surface area contributed by atoms with Crippen LogP contribution >= 0.6 is 0 Å². The van der Waals surface area contributed by atoms with Crippen LogP contribution in [0.25, 0.3) is 0 Å². The fourth-order valence-electron chi connectivity index (χ4n) is 2.06. The van der Waals surface area contributed by atoms with E-state index in [-0.39, 0.29) is 17.1 Å². The van der Waals surface area contributed by atoms with Gasteiger partial charge >= 0.3 is 0 Å². The molecule has 0 heterocycles. The first kappa shape index (κ1) is 19.0. The highest BCUT2D eigenvalue weighted by Crippen LogP contribution is 2.24. The van der Waals surface area contributed by atoms with Crippen molar-refractivity contribution in [2.24, 2.45) is 0 Å². The maximum absolute atomic E-state index is 13.5. The van der Waals surface area contributed by atoms with Crippen molar-refractivity contribution in [3.8, 4) is 17.2 Å². The molecule has 0 bridgehead atoms. The Labute approximate surface area is 150 Å². The van der Waals surface area contributed by atoms with Crippen LogP contribution in [0.5, 0.6) is 17.2 Å². The molecule has 2 aromatic rings. The van der Waals surface area contributed by atoms with Crippen molar-refractivity contribution in [3.05, 3.63) is 53.8 Å². The van der Waals surface area contributed by atoms with Gasteiger partial charge in [-0.2, -0.15) is 0 Å². The van der Waals surface area contributed by atoms with Crippen LogP contribution in [0.1, 0.15) is 17.3 Å². The van der Waals surface area contributed by atoms with E-state index < -0.39 is 23.7 Å². The molecule has 0 aromatic heterocycles. The molecule has 0 radical (unpaired) electrons. The van der Waals surface area contributed by atoms with E-state index in [0.717, 1.165) is 0 Å². The zero-order valence-electron chi connectivity index (χ0n) is 14.5. The molecule has 2 rings (SSSR count). The number of ether oxygens (including phenoxy) is 3. The minimum atomic E-state index is -1.02. The molecule has 26 heavy (non-hydrogen) atoms. The molecule has 0 aliphatic carbocycles. The fraction of sp³-hybridized carbons (Fsp3) is 0.222. The van der Waals surface area contributed by atoms with Gasteiger partial charge < -0.3 is 14.2 Å². The number of carbonyl (C=O) groups excluding carboxylic acids is 2.